The number of nitrogens with one attached hydrogen (secondary N) is 1. The number of aromatic hydroxyl groups is 1. The molecule has 4 heteroatoms. The van der Waals surface area contributed by atoms with Gasteiger partial charge in [0, 0.05) is 23.4 Å². The first kappa shape index (κ1) is 17.1. The molecule has 2 N–H and O–H groups in total. The number of phenolic OH excluding ortho intramolecular Hbond substituents is 1. The van der Waals surface area contributed by atoms with E-state index < -0.39 is 5.92 Å². The molecule has 0 saturated carbocycles. The van der Waals surface area contributed by atoms with Gasteiger partial charge < -0.3 is 10.4 Å². The van der Waals surface area contributed by atoms with Crippen molar-refractivity contribution in [1.29, 1.82) is 5.26 Å². The summed E-state index contributed by atoms with van der Waals surface area (Å²) >= 11 is 0. The summed E-state index contributed by atoms with van der Waals surface area (Å²) in [5.74, 6) is -0.103. The van der Waals surface area contributed by atoms with Crippen LogP contribution < -0.4 is 5.32 Å². The number of dihydropyridines is 1. The fourth-order valence-corrected chi connectivity index (χ4v) is 4.19. The first-order chi connectivity index (χ1) is 13.1. The van der Waals surface area contributed by atoms with E-state index in [1.807, 2.05) is 31.2 Å². The van der Waals surface area contributed by atoms with Crippen LogP contribution in [0.3, 0.4) is 0 Å². The third-order valence-corrected chi connectivity index (χ3v) is 5.42. The molecular weight excluding hydrogens is 336 g/mol. The fourth-order valence-electron chi connectivity index (χ4n) is 4.19. The molecule has 2 aliphatic rings. The van der Waals surface area contributed by atoms with E-state index in [0.29, 0.717) is 17.6 Å². The van der Waals surface area contributed by atoms with Gasteiger partial charge in [-0.1, -0.05) is 42.5 Å². The van der Waals surface area contributed by atoms with Crippen LogP contribution in [0.4, 0.5) is 0 Å². The van der Waals surface area contributed by atoms with Gasteiger partial charge in [-0.25, -0.2) is 0 Å². The highest BCUT2D eigenvalue weighted by Crippen LogP contribution is 2.45. The Labute approximate surface area is 158 Å². The number of allylic oxidation sites excluding steroid dienone is 4. The molecule has 2 atom stereocenters. The second-order valence-corrected chi connectivity index (χ2v) is 7.13. The standard InChI is InChI=1S/C23H20N2O2/c1-14-19(13-24)22(16-8-5-9-18(26)10-16)23-20(25-14)11-17(12-21(23)27)15-6-3-2-4-7-15/h2-10,17,22,25-26H,11-12H2,1H3. The molecule has 2 aromatic rings. The molecule has 0 fully saturated rings. The highest BCUT2D eigenvalue weighted by atomic mass is 16.3. The molecule has 134 valence electrons. The molecule has 0 bridgehead atoms. The monoisotopic (exact) mass is 356 g/mol. The van der Waals surface area contributed by atoms with Crippen LogP contribution in [-0.4, -0.2) is 10.9 Å². The summed E-state index contributed by atoms with van der Waals surface area (Å²) in [5.41, 5.74) is 4.78. The van der Waals surface area contributed by atoms with Crippen molar-refractivity contribution in [1.82, 2.24) is 5.32 Å². The second kappa shape index (κ2) is 6.77. The quantitative estimate of drug-likeness (QED) is 0.842. The minimum Gasteiger partial charge on any atom is -0.508 e. The van der Waals surface area contributed by atoms with Crippen molar-refractivity contribution in [2.24, 2.45) is 0 Å². The summed E-state index contributed by atoms with van der Waals surface area (Å²) in [5, 5.41) is 22.9. The van der Waals surface area contributed by atoms with Gasteiger partial charge in [0.15, 0.2) is 5.78 Å². The maximum absolute atomic E-state index is 13.2. The molecule has 1 heterocycles. The van der Waals surface area contributed by atoms with Crippen molar-refractivity contribution in [2.45, 2.75) is 31.6 Å². The van der Waals surface area contributed by atoms with E-state index in [-0.39, 0.29) is 17.5 Å². The average Bonchev–Trinajstić information content (AvgIpc) is 2.67. The van der Waals surface area contributed by atoms with Gasteiger partial charge in [-0.3, -0.25) is 4.79 Å². The largest absolute Gasteiger partial charge is 0.508 e. The SMILES string of the molecule is CC1=C(C#N)C(c2cccc(O)c2)C2=C(CC(c3ccccc3)CC2=O)N1. The van der Waals surface area contributed by atoms with Crippen LogP contribution in [0, 0.1) is 11.3 Å². The molecule has 0 amide bonds. The third kappa shape index (κ3) is 3.02. The van der Waals surface area contributed by atoms with Crippen molar-refractivity contribution in [2.75, 3.05) is 0 Å². The summed E-state index contributed by atoms with van der Waals surface area (Å²) in [6, 6.07) is 19.2. The van der Waals surface area contributed by atoms with Gasteiger partial charge in [0.1, 0.15) is 5.75 Å². The Morgan fingerprint density at radius 2 is 1.81 bits per heavy atom. The summed E-state index contributed by atoms with van der Waals surface area (Å²) < 4.78 is 0. The molecule has 0 radical (unpaired) electrons. The third-order valence-electron chi connectivity index (χ3n) is 5.42. The van der Waals surface area contributed by atoms with E-state index in [1.54, 1.807) is 18.2 Å². The zero-order valence-electron chi connectivity index (χ0n) is 15.1. The number of ketones is 1. The molecular formula is C23H20N2O2. The Hall–Kier alpha value is -3.32. The number of Topliss-reactive ketones (excluding diaryl/α,β-unsaturated/α-hetero) is 1. The van der Waals surface area contributed by atoms with Crippen LogP contribution in [-0.2, 0) is 4.79 Å². The van der Waals surface area contributed by atoms with Crippen molar-refractivity contribution in [3.8, 4) is 11.8 Å². The number of rotatable bonds is 2. The van der Waals surface area contributed by atoms with Crippen molar-refractivity contribution < 1.29 is 9.90 Å². The molecule has 2 unspecified atom stereocenters. The van der Waals surface area contributed by atoms with E-state index in [1.165, 1.54) is 0 Å². The zero-order chi connectivity index (χ0) is 19.0. The van der Waals surface area contributed by atoms with Gasteiger partial charge in [0.05, 0.1) is 17.6 Å². The summed E-state index contributed by atoms with van der Waals surface area (Å²) in [4.78, 5) is 13.2. The van der Waals surface area contributed by atoms with E-state index in [0.717, 1.165) is 28.9 Å². The zero-order valence-corrected chi connectivity index (χ0v) is 15.1. The van der Waals surface area contributed by atoms with E-state index in [4.69, 9.17) is 0 Å². The number of nitrogens with zero attached hydrogens (tertiary/aromatic N) is 1. The van der Waals surface area contributed by atoms with Crippen LogP contribution in [0.2, 0.25) is 0 Å². The molecule has 1 aliphatic carbocycles. The van der Waals surface area contributed by atoms with Crippen molar-refractivity contribution >= 4 is 5.78 Å². The summed E-state index contributed by atoms with van der Waals surface area (Å²) in [7, 11) is 0. The molecule has 4 nitrogen and oxygen atoms in total. The molecule has 2 aromatic carbocycles. The maximum atomic E-state index is 13.2. The average molecular weight is 356 g/mol. The Morgan fingerprint density at radius 3 is 2.52 bits per heavy atom. The second-order valence-electron chi connectivity index (χ2n) is 7.13. The normalized spacial score (nSPS) is 22.1. The number of hydrogen-bond acceptors (Lipinski definition) is 4. The maximum Gasteiger partial charge on any atom is 0.162 e. The molecule has 4 rings (SSSR count). The van der Waals surface area contributed by atoms with Gasteiger partial charge in [-0.15, -0.1) is 0 Å². The highest BCUT2D eigenvalue weighted by Gasteiger charge is 2.38. The van der Waals surface area contributed by atoms with Crippen LogP contribution in [0.5, 0.6) is 5.75 Å². The van der Waals surface area contributed by atoms with E-state index in [2.05, 4.69) is 23.5 Å². The Balaban J connectivity index is 1.80. The smallest absolute Gasteiger partial charge is 0.162 e. The van der Waals surface area contributed by atoms with Crippen LogP contribution in [0.15, 0.2) is 77.1 Å². The van der Waals surface area contributed by atoms with Crippen molar-refractivity contribution in [3.63, 3.8) is 0 Å². The van der Waals surface area contributed by atoms with Crippen LogP contribution in [0.25, 0.3) is 0 Å². The Kier molecular flexibility index (Phi) is 4.29. The molecule has 0 saturated heterocycles. The van der Waals surface area contributed by atoms with E-state index >= 15 is 0 Å². The van der Waals surface area contributed by atoms with Gasteiger partial charge in [0.2, 0.25) is 0 Å². The molecule has 0 spiro atoms. The first-order valence-electron chi connectivity index (χ1n) is 9.06. The van der Waals surface area contributed by atoms with Crippen LogP contribution >= 0.6 is 0 Å². The predicted octanol–water partition coefficient (Wildman–Crippen LogP) is 4.28. The molecule has 0 aromatic heterocycles. The number of phenols is 1. The van der Waals surface area contributed by atoms with Gasteiger partial charge in [0.25, 0.3) is 0 Å². The number of hydrogen-bond donors (Lipinski definition) is 2. The van der Waals surface area contributed by atoms with Gasteiger partial charge in [-0.05, 0) is 42.5 Å². The first-order valence-corrected chi connectivity index (χ1v) is 9.06. The Bertz CT molecular complexity index is 1010. The lowest BCUT2D eigenvalue weighted by molar-refractivity contribution is -0.116. The number of carbonyl (C=O) groups excluding carboxylic acids is 1. The van der Waals surface area contributed by atoms with Gasteiger partial charge in [-0.2, -0.15) is 5.26 Å². The lowest BCUT2D eigenvalue weighted by atomic mass is 9.72. The molecule has 27 heavy (non-hydrogen) atoms. The number of benzene rings is 2. The highest BCUT2D eigenvalue weighted by molar-refractivity contribution is 6.00. The van der Waals surface area contributed by atoms with Crippen molar-refractivity contribution in [3.05, 3.63) is 88.3 Å². The Morgan fingerprint density at radius 1 is 1.07 bits per heavy atom. The lowest BCUT2D eigenvalue weighted by Gasteiger charge is -2.35. The summed E-state index contributed by atoms with van der Waals surface area (Å²) in [6.45, 7) is 1.87. The van der Waals surface area contributed by atoms with Gasteiger partial charge >= 0.3 is 0 Å². The summed E-state index contributed by atoms with van der Waals surface area (Å²) in [6.07, 6.45) is 1.16. The lowest BCUT2D eigenvalue weighted by Crippen LogP contribution is -2.33. The topological polar surface area (TPSA) is 73.1 Å². The minimum absolute atomic E-state index is 0.0613. The molecule has 1 aliphatic heterocycles. The van der Waals surface area contributed by atoms with E-state index in [9.17, 15) is 15.2 Å². The predicted molar refractivity (Wildman–Crippen MR) is 103 cm³/mol. The van der Waals surface area contributed by atoms with Crippen LogP contribution in [0.1, 0.15) is 42.7 Å². The fraction of sp³-hybridized carbons (Fsp3) is 0.217. The number of carbonyl (C=O) groups is 1. The number of nitriles is 1. The minimum atomic E-state index is -0.428.